The van der Waals surface area contributed by atoms with Crippen LogP contribution in [0.5, 0.6) is 0 Å². The summed E-state index contributed by atoms with van der Waals surface area (Å²) in [6.45, 7) is 2.69. The van der Waals surface area contributed by atoms with Gasteiger partial charge in [0.05, 0.1) is 5.52 Å². The molecule has 7 heteroatoms. The van der Waals surface area contributed by atoms with Crippen LogP contribution in [0, 0.1) is 17.0 Å². The lowest BCUT2D eigenvalue weighted by atomic mass is 9.90. The Labute approximate surface area is 184 Å². The van der Waals surface area contributed by atoms with Crippen LogP contribution in [-0.2, 0) is 6.54 Å². The number of likely N-dealkylation sites (tertiary alicyclic amines) is 1. The zero-order chi connectivity index (χ0) is 21.7. The second-order valence-corrected chi connectivity index (χ2v) is 8.96. The second-order valence-electron chi connectivity index (χ2n) is 8.96. The summed E-state index contributed by atoms with van der Waals surface area (Å²) in [4.78, 5) is 6.83. The van der Waals surface area contributed by atoms with Crippen molar-refractivity contribution >= 4 is 10.9 Å². The summed E-state index contributed by atoms with van der Waals surface area (Å²) in [7, 11) is 0. The highest BCUT2D eigenvalue weighted by atomic mass is 19.1. The molecule has 1 aliphatic heterocycles. The Morgan fingerprint density at radius 1 is 1.03 bits per heavy atom. The van der Waals surface area contributed by atoms with E-state index in [9.17, 15) is 8.78 Å². The molecular formula is C25H22F2N4O. The van der Waals surface area contributed by atoms with E-state index in [0.29, 0.717) is 22.7 Å². The number of rotatable bonds is 4. The Morgan fingerprint density at radius 2 is 1.91 bits per heavy atom. The molecular weight excluding hydrogens is 410 g/mol. The van der Waals surface area contributed by atoms with E-state index in [-0.39, 0.29) is 23.0 Å². The number of piperidine rings is 1. The largest absolute Gasteiger partial charge is 0.420 e. The molecule has 5 nitrogen and oxygen atoms in total. The van der Waals surface area contributed by atoms with Crippen LogP contribution < -0.4 is 0 Å². The van der Waals surface area contributed by atoms with E-state index < -0.39 is 0 Å². The Kier molecular flexibility index (Phi) is 4.54. The Balaban J connectivity index is 1.13. The highest BCUT2D eigenvalue weighted by Gasteiger charge is 2.58. The average Bonchev–Trinajstić information content (AvgIpc) is 3.28. The van der Waals surface area contributed by atoms with Crippen molar-refractivity contribution in [1.29, 1.82) is 0 Å². The van der Waals surface area contributed by atoms with Gasteiger partial charge in [0.1, 0.15) is 11.6 Å². The summed E-state index contributed by atoms with van der Waals surface area (Å²) < 4.78 is 33.5. The molecule has 4 aromatic rings. The maximum Gasteiger partial charge on any atom is 0.247 e. The highest BCUT2D eigenvalue weighted by Crippen LogP contribution is 2.64. The van der Waals surface area contributed by atoms with Crippen LogP contribution in [0.1, 0.15) is 36.6 Å². The van der Waals surface area contributed by atoms with E-state index in [1.807, 2.05) is 6.07 Å². The molecule has 1 aliphatic carbocycles. The van der Waals surface area contributed by atoms with Gasteiger partial charge < -0.3 is 4.42 Å². The molecule has 1 atom stereocenters. The number of fused-ring (bicyclic) bond motifs is 1. The SMILES string of the molecule is Fc1cccc(-c2nnc(C3CC34CCN(Cc3ccc(F)c5cccnc35)CC4)o2)c1. The number of pyridine rings is 1. The molecule has 1 saturated heterocycles. The van der Waals surface area contributed by atoms with E-state index in [1.165, 1.54) is 18.2 Å². The standard InChI is InChI=1S/C25H22F2N4O/c26-18-4-1-3-16(13-18)23-29-30-24(32-23)20-14-25(20)8-11-31(12-9-25)15-17-6-7-21(27)19-5-2-10-28-22(17)19/h1-7,10,13,20H,8-9,11-12,14-15H2. The number of benzene rings is 2. The minimum atomic E-state index is -0.318. The predicted molar refractivity (Wildman–Crippen MR) is 116 cm³/mol. The smallest absolute Gasteiger partial charge is 0.247 e. The molecule has 1 saturated carbocycles. The zero-order valence-electron chi connectivity index (χ0n) is 17.5. The van der Waals surface area contributed by atoms with Crippen molar-refractivity contribution in [1.82, 2.24) is 20.1 Å². The van der Waals surface area contributed by atoms with Gasteiger partial charge in [0, 0.05) is 29.6 Å². The van der Waals surface area contributed by atoms with Crippen LogP contribution >= 0.6 is 0 Å². The van der Waals surface area contributed by atoms with E-state index in [2.05, 4.69) is 20.1 Å². The normalized spacial score (nSPS) is 20.1. The van der Waals surface area contributed by atoms with Crippen LogP contribution in [0.3, 0.4) is 0 Å². The first-order valence-electron chi connectivity index (χ1n) is 11.0. The lowest BCUT2D eigenvalue weighted by Crippen LogP contribution is -2.34. The molecule has 32 heavy (non-hydrogen) atoms. The van der Waals surface area contributed by atoms with E-state index in [0.717, 1.165) is 50.0 Å². The Morgan fingerprint density at radius 3 is 2.75 bits per heavy atom. The molecule has 3 heterocycles. The quantitative estimate of drug-likeness (QED) is 0.436. The van der Waals surface area contributed by atoms with Gasteiger partial charge in [-0.15, -0.1) is 10.2 Å². The maximum absolute atomic E-state index is 14.1. The van der Waals surface area contributed by atoms with Gasteiger partial charge >= 0.3 is 0 Å². The fourth-order valence-corrected chi connectivity index (χ4v) is 5.08. The van der Waals surface area contributed by atoms with Crippen molar-refractivity contribution in [3.05, 3.63) is 77.8 Å². The first kappa shape index (κ1) is 19.5. The van der Waals surface area contributed by atoms with Crippen LogP contribution in [0.25, 0.3) is 22.4 Å². The van der Waals surface area contributed by atoms with E-state index in [1.54, 1.807) is 30.5 Å². The second kappa shape index (κ2) is 7.45. The third kappa shape index (κ3) is 3.37. The van der Waals surface area contributed by atoms with Crippen LogP contribution in [0.15, 0.2) is 59.1 Å². The molecule has 2 aliphatic rings. The summed E-state index contributed by atoms with van der Waals surface area (Å²) >= 11 is 0. The van der Waals surface area contributed by atoms with Gasteiger partial charge in [-0.25, -0.2) is 8.78 Å². The van der Waals surface area contributed by atoms with Gasteiger partial charge in [-0.1, -0.05) is 12.1 Å². The Bertz CT molecular complexity index is 1300. The topological polar surface area (TPSA) is 55.1 Å². The van der Waals surface area contributed by atoms with Gasteiger partial charge in [-0.3, -0.25) is 9.88 Å². The first-order chi connectivity index (χ1) is 15.6. The number of nitrogens with zero attached hydrogens (tertiary/aromatic N) is 4. The summed E-state index contributed by atoms with van der Waals surface area (Å²) in [6, 6.07) is 13.2. The molecule has 6 rings (SSSR count). The Hall–Kier alpha value is -3.19. The van der Waals surface area contributed by atoms with Crippen LogP contribution in [0.4, 0.5) is 8.78 Å². The van der Waals surface area contributed by atoms with Crippen molar-refractivity contribution in [2.45, 2.75) is 31.7 Å². The third-order valence-electron chi connectivity index (χ3n) is 7.05. The van der Waals surface area contributed by atoms with Gasteiger partial charge in [0.15, 0.2) is 0 Å². The van der Waals surface area contributed by atoms with Crippen LogP contribution in [0.2, 0.25) is 0 Å². The van der Waals surface area contributed by atoms with Crippen molar-refractivity contribution in [2.24, 2.45) is 5.41 Å². The summed E-state index contributed by atoms with van der Waals surface area (Å²) in [6.07, 6.45) is 4.88. The monoisotopic (exact) mass is 432 g/mol. The maximum atomic E-state index is 14.1. The van der Waals surface area contributed by atoms with Gasteiger partial charge in [0.25, 0.3) is 0 Å². The lowest BCUT2D eigenvalue weighted by molar-refractivity contribution is 0.160. The number of aromatic nitrogens is 3. The summed E-state index contributed by atoms with van der Waals surface area (Å²) in [5.74, 6) is 0.753. The van der Waals surface area contributed by atoms with Gasteiger partial charge in [0.2, 0.25) is 11.8 Å². The van der Waals surface area contributed by atoms with Crippen molar-refractivity contribution in [2.75, 3.05) is 13.1 Å². The van der Waals surface area contributed by atoms with Crippen LogP contribution in [-0.4, -0.2) is 33.2 Å². The number of halogens is 2. The highest BCUT2D eigenvalue weighted by molar-refractivity contribution is 5.82. The van der Waals surface area contributed by atoms with Crippen molar-refractivity contribution in [3.8, 4) is 11.5 Å². The molecule has 0 amide bonds. The third-order valence-corrected chi connectivity index (χ3v) is 7.05. The van der Waals surface area contributed by atoms with E-state index in [4.69, 9.17) is 4.42 Å². The first-order valence-corrected chi connectivity index (χ1v) is 11.0. The van der Waals surface area contributed by atoms with Gasteiger partial charge in [-0.2, -0.15) is 0 Å². The molecule has 2 aromatic heterocycles. The minimum absolute atomic E-state index is 0.214. The van der Waals surface area contributed by atoms with E-state index >= 15 is 0 Å². The molecule has 0 bridgehead atoms. The van der Waals surface area contributed by atoms with Crippen molar-refractivity contribution < 1.29 is 13.2 Å². The van der Waals surface area contributed by atoms with Gasteiger partial charge in [-0.05, 0) is 79.7 Å². The predicted octanol–water partition coefficient (Wildman–Crippen LogP) is 5.33. The summed E-state index contributed by atoms with van der Waals surface area (Å²) in [5.41, 5.74) is 2.62. The summed E-state index contributed by atoms with van der Waals surface area (Å²) in [5, 5.41) is 8.98. The molecule has 162 valence electrons. The number of hydrogen-bond acceptors (Lipinski definition) is 5. The zero-order valence-corrected chi connectivity index (χ0v) is 17.5. The molecule has 0 radical (unpaired) electrons. The molecule has 0 N–H and O–H groups in total. The fourth-order valence-electron chi connectivity index (χ4n) is 5.08. The molecule has 2 aromatic carbocycles. The minimum Gasteiger partial charge on any atom is -0.420 e. The lowest BCUT2D eigenvalue weighted by Gasteiger charge is -2.32. The molecule has 1 unspecified atom stereocenters. The van der Waals surface area contributed by atoms with Crippen molar-refractivity contribution in [3.63, 3.8) is 0 Å². The fraction of sp³-hybridized carbons (Fsp3) is 0.320. The molecule has 2 fully saturated rings. The molecule has 1 spiro atoms. The number of hydrogen-bond donors (Lipinski definition) is 0. The average molecular weight is 432 g/mol.